The molecule has 2 aliphatic heterocycles. The van der Waals surface area contributed by atoms with Crippen molar-refractivity contribution in [3.8, 4) is 0 Å². The molecule has 1 aromatic rings. The second-order valence-corrected chi connectivity index (χ2v) is 6.47. The third kappa shape index (κ3) is 4.39. The lowest BCUT2D eigenvalue weighted by atomic mass is 10.2. The molecule has 3 rings (SSSR count). The van der Waals surface area contributed by atoms with Gasteiger partial charge in [0.25, 0.3) is 5.91 Å². The molecule has 2 fully saturated rings. The van der Waals surface area contributed by atoms with Gasteiger partial charge in [-0.25, -0.2) is 9.69 Å². The molecule has 0 aliphatic carbocycles. The SMILES string of the molecule is O=C(CN1C(=O)N/C(=C\C=C\c2ccccc2)C1=O)N1CCCCCC1. The highest BCUT2D eigenvalue weighted by Crippen LogP contribution is 2.14. The van der Waals surface area contributed by atoms with E-state index in [1.807, 2.05) is 36.4 Å². The van der Waals surface area contributed by atoms with Crippen LogP contribution in [0, 0.1) is 0 Å². The third-order valence-corrected chi connectivity index (χ3v) is 4.57. The monoisotopic (exact) mass is 353 g/mol. The molecule has 2 heterocycles. The Labute approximate surface area is 153 Å². The highest BCUT2D eigenvalue weighted by atomic mass is 16.2. The zero-order chi connectivity index (χ0) is 18.4. The number of nitrogens with one attached hydrogen (secondary N) is 1. The smallest absolute Gasteiger partial charge is 0.329 e. The van der Waals surface area contributed by atoms with Crippen LogP contribution in [-0.4, -0.2) is 47.3 Å². The van der Waals surface area contributed by atoms with E-state index >= 15 is 0 Å². The Hall–Kier alpha value is -2.89. The maximum Gasteiger partial charge on any atom is 0.329 e. The topological polar surface area (TPSA) is 69.7 Å². The van der Waals surface area contributed by atoms with E-state index in [0.29, 0.717) is 13.1 Å². The van der Waals surface area contributed by atoms with Crippen molar-refractivity contribution in [1.82, 2.24) is 15.1 Å². The highest BCUT2D eigenvalue weighted by molar-refractivity contribution is 6.13. The largest absolute Gasteiger partial charge is 0.341 e. The summed E-state index contributed by atoms with van der Waals surface area (Å²) < 4.78 is 0. The number of carbonyl (C=O) groups excluding carboxylic acids is 3. The first-order valence-corrected chi connectivity index (χ1v) is 8.99. The third-order valence-electron chi connectivity index (χ3n) is 4.57. The molecular formula is C20H23N3O3. The van der Waals surface area contributed by atoms with Gasteiger partial charge in [-0.1, -0.05) is 55.3 Å². The van der Waals surface area contributed by atoms with Gasteiger partial charge >= 0.3 is 6.03 Å². The van der Waals surface area contributed by atoms with Gasteiger partial charge in [0, 0.05) is 13.1 Å². The predicted octanol–water partition coefficient (Wildman–Crippen LogP) is 2.54. The maximum atomic E-state index is 12.4. The van der Waals surface area contributed by atoms with Crippen molar-refractivity contribution in [2.75, 3.05) is 19.6 Å². The number of imide groups is 1. The van der Waals surface area contributed by atoms with Crippen molar-refractivity contribution in [2.24, 2.45) is 0 Å². The molecule has 1 N–H and O–H groups in total. The Kier molecular flexibility index (Phi) is 5.84. The number of benzene rings is 1. The molecule has 2 saturated heterocycles. The first-order valence-electron chi connectivity index (χ1n) is 8.99. The maximum absolute atomic E-state index is 12.4. The Balaban J connectivity index is 1.62. The van der Waals surface area contributed by atoms with E-state index in [0.717, 1.165) is 36.1 Å². The minimum absolute atomic E-state index is 0.170. The van der Waals surface area contributed by atoms with Gasteiger partial charge in [0.2, 0.25) is 5.91 Å². The van der Waals surface area contributed by atoms with Crippen LogP contribution < -0.4 is 5.32 Å². The molecule has 4 amide bonds. The van der Waals surface area contributed by atoms with Crippen molar-refractivity contribution in [1.29, 1.82) is 0 Å². The first kappa shape index (κ1) is 17.9. The van der Waals surface area contributed by atoms with Crippen LogP contribution in [0.15, 0.2) is 48.2 Å². The van der Waals surface area contributed by atoms with Crippen molar-refractivity contribution >= 4 is 23.9 Å². The number of hydrogen-bond donors (Lipinski definition) is 1. The number of likely N-dealkylation sites (tertiary alicyclic amines) is 1. The number of amides is 4. The lowest BCUT2D eigenvalue weighted by Crippen LogP contribution is -2.43. The van der Waals surface area contributed by atoms with Gasteiger partial charge in [0.1, 0.15) is 12.2 Å². The van der Waals surface area contributed by atoms with Gasteiger partial charge in [-0.15, -0.1) is 0 Å². The fourth-order valence-electron chi connectivity index (χ4n) is 3.11. The predicted molar refractivity (Wildman–Crippen MR) is 98.9 cm³/mol. The van der Waals surface area contributed by atoms with Crippen LogP contribution in [0.1, 0.15) is 31.2 Å². The van der Waals surface area contributed by atoms with Gasteiger partial charge in [0.05, 0.1) is 0 Å². The number of hydrogen-bond acceptors (Lipinski definition) is 3. The number of urea groups is 1. The summed E-state index contributed by atoms with van der Waals surface area (Å²) >= 11 is 0. The number of allylic oxidation sites excluding steroid dienone is 2. The van der Waals surface area contributed by atoms with E-state index in [1.165, 1.54) is 0 Å². The molecule has 1 aromatic carbocycles. The van der Waals surface area contributed by atoms with Gasteiger partial charge in [-0.3, -0.25) is 9.59 Å². The lowest BCUT2D eigenvalue weighted by Gasteiger charge is -2.22. The Morgan fingerprint density at radius 3 is 2.42 bits per heavy atom. The van der Waals surface area contributed by atoms with Crippen LogP contribution in [0.4, 0.5) is 4.79 Å². The average Bonchev–Trinajstić information content (AvgIpc) is 2.86. The molecule has 0 saturated carbocycles. The van der Waals surface area contributed by atoms with Crippen molar-refractivity contribution < 1.29 is 14.4 Å². The van der Waals surface area contributed by atoms with E-state index in [2.05, 4.69) is 5.32 Å². The molecule has 26 heavy (non-hydrogen) atoms. The van der Waals surface area contributed by atoms with Crippen molar-refractivity contribution in [3.63, 3.8) is 0 Å². The highest BCUT2D eigenvalue weighted by Gasteiger charge is 2.35. The van der Waals surface area contributed by atoms with Crippen molar-refractivity contribution in [2.45, 2.75) is 25.7 Å². The summed E-state index contributed by atoms with van der Waals surface area (Å²) in [7, 11) is 0. The Morgan fingerprint density at radius 1 is 1.04 bits per heavy atom. The van der Waals surface area contributed by atoms with E-state index in [4.69, 9.17) is 0 Å². The summed E-state index contributed by atoms with van der Waals surface area (Å²) in [5, 5.41) is 2.54. The number of rotatable bonds is 4. The summed E-state index contributed by atoms with van der Waals surface area (Å²) in [5.41, 5.74) is 1.18. The normalized spacial score (nSPS) is 19.9. The molecule has 0 atom stereocenters. The summed E-state index contributed by atoms with van der Waals surface area (Å²) in [6, 6.07) is 9.11. The molecule has 0 aromatic heterocycles. The number of nitrogens with zero attached hydrogens (tertiary/aromatic N) is 2. The fourth-order valence-corrected chi connectivity index (χ4v) is 3.11. The standard InChI is InChI=1S/C20H23N3O3/c24-18(22-13-6-1-2-7-14-22)15-23-19(25)17(21-20(23)26)12-8-11-16-9-4-3-5-10-16/h3-5,8-12H,1-2,6-7,13-15H2,(H,21,26)/b11-8+,17-12-. The minimum Gasteiger partial charge on any atom is -0.341 e. The fraction of sp³-hybridized carbons (Fsp3) is 0.350. The van der Waals surface area contributed by atoms with E-state index < -0.39 is 11.9 Å². The van der Waals surface area contributed by atoms with E-state index in [1.54, 1.807) is 17.1 Å². The molecule has 2 aliphatic rings. The summed E-state index contributed by atoms with van der Waals surface area (Å²) in [6.45, 7) is 1.19. The van der Waals surface area contributed by atoms with Gasteiger partial charge in [0.15, 0.2) is 0 Å². The summed E-state index contributed by atoms with van der Waals surface area (Å²) in [4.78, 5) is 39.6. The molecule has 136 valence electrons. The molecular weight excluding hydrogens is 330 g/mol. The molecule has 6 heteroatoms. The second-order valence-electron chi connectivity index (χ2n) is 6.47. The zero-order valence-electron chi connectivity index (χ0n) is 14.7. The van der Waals surface area contributed by atoms with Gasteiger partial charge in [-0.2, -0.15) is 0 Å². The van der Waals surface area contributed by atoms with Crippen LogP contribution in [0.3, 0.4) is 0 Å². The molecule has 6 nitrogen and oxygen atoms in total. The first-order chi connectivity index (χ1) is 12.6. The molecule has 0 bridgehead atoms. The van der Waals surface area contributed by atoms with E-state index in [-0.39, 0.29) is 18.1 Å². The van der Waals surface area contributed by atoms with Crippen molar-refractivity contribution in [3.05, 3.63) is 53.7 Å². The second kappa shape index (κ2) is 8.47. The van der Waals surface area contributed by atoms with Crippen LogP contribution in [0.5, 0.6) is 0 Å². The quantitative estimate of drug-likeness (QED) is 0.668. The summed E-state index contributed by atoms with van der Waals surface area (Å²) in [6.07, 6.45) is 9.30. The van der Waals surface area contributed by atoms with Crippen LogP contribution in [0.25, 0.3) is 6.08 Å². The van der Waals surface area contributed by atoms with Crippen LogP contribution >= 0.6 is 0 Å². The van der Waals surface area contributed by atoms with E-state index in [9.17, 15) is 14.4 Å². The Bertz CT molecular complexity index is 732. The molecule has 0 unspecified atom stereocenters. The number of carbonyl (C=O) groups is 3. The average molecular weight is 353 g/mol. The Morgan fingerprint density at radius 2 is 1.73 bits per heavy atom. The zero-order valence-corrected chi connectivity index (χ0v) is 14.7. The lowest BCUT2D eigenvalue weighted by molar-refractivity contribution is -0.135. The van der Waals surface area contributed by atoms with Crippen LogP contribution in [0.2, 0.25) is 0 Å². The van der Waals surface area contributed by atoms with Gasteiger partial charge in [-0.05, 0) is 24.5 Å². The molecule has 0 spiro atoms. The molecule has 0 radical (unpaired) electrons. The van der Waals surface area contributed by atoms with Crippen LogP contribution in [-0.2, 0) is 9.59 Å². The minimum atomic E-state index is -0.544. The summed E-state index contributed by atoms with van der Waals surface area (Å²) in [5.74, 6) is -0.632. The van der Waals surface area contributed by atoms with Gasteiger partial charge < -0.3 is 10.2 Å².